The van der Waals surface area contributed by atoms with Crippen molar-refractivity contribution in [2.45, 2.75) is 53.9 Å². The summed E-state index contributed by atoms with van der Waals surface area (Å²) in [7, 11) is 0. The fraction of sp³-hybridized carbons (Fsp3) is 0.846. The third-order valence-corrected chi connectivity index (χ3v) is 3.26. The fourth-order valence-corrected chi connectivity index (χ4v) is 1.87. The maximum absolute atomic E-state index is 4.11. The zero-order chi connectivity index (χ0) is 10.4. The Kier molecular flexibility index (Phi) is 6.11. The molecule has 0 aliphatic carbocycles. The Balaban J connectivity index is 4.17. The van der Waals surface area contributed by atoms with Gasteiger partial charge >= 0.3 is 0 Å². The molecule has 0 rings (SSSR count). The minimum Gasteiger partial charge on any atom is -0.0999 e. The second kappa shape index (κ2) is 6.23. The Morgan fingerprint density at radius 3 is 2.00 bits per heavy atom. The first-order valence-corrected chi connectivity index (χ1v) is 5.69. The van der Waals surface area contributed by atoms with E-state index >= 15 is 0 Å². The van der Waals surface area contributed by atoms with Crippen LogP contribution in [0.25, 0.3) is 0 Å². The number of hydrogen-bond acceptors (Lipinski definition) is 0. The maximum atomic E-state index is 4.11. The van der Waals surface area contributed by atoms with Crippen molar-refractivity contribution in [2.24, 2.45) is 17.8 Å². The molecule has 0 heteroatoms. The van der Waals surface area contributed by atoms with Crippen molar-refractivity contribution >= 4 is 0 Å². The van der Waals surface area contributed by atoms with E-state index in [9.17, 15) is 0 Å². The lowest BCUT2D eigenvalue weighted by molar-refractivity contribution is 0.261. The maximum Gasteiger partial charge on any atom is -0.0290 e. The number of hydrogen-bond donors (Lipinski definition) is 0. The molecule has 0 aromatic carbocycles. The van der Waals surface area contributed by atoms with Crippen LogP contribution in [0.1, 0.15) is 53.9 Å². The lowest BCUT2D eigenvalue weighted by atomic mass is 9.79. The van der Waals surface area contributed by atoms with E-state index in [0.29, 0.717) is 0 Å². The van der Waals surface area contributed by atoms with Crippen LogP contribution in [0.15, 0.2) is 12.2 Å². The molecule has 0 N–H and O–H groups in total. The summed E-state index contributed by atoms with van der Waals surface area (Å²) in [4.78, 5) is 0. The van der Waals surface area contributed by atoms with Crippen molar-refractivity contribution in [2.75, 3.05) is 0 Å². The Bertz CT molecular complexity index is 144. The first-order valence-electron chi connectivity index (χ1n) is 5.69. The Morgan fingerprint density at radius 2 is 1.69 bits per heavy atom. The van der Waals surface area contributed by atoms with Gasteiger partial charge in [0.1, 0.15) is 0 Å². The second-order valence-electron chi connectivity index (χ2n) is 4.60. The van der Waals surface area contributed by atoms with Crippen molar-refractivity contribution < 1.29 is 0 Å². The highest BCUT2D eigenvalue weighted by Gasteiger charge is 2.19. The van der Waals surface area contributed by atoms with Gasteiger partial charge in [0.25, 0.3) is 0 Å². The minimum atomic E-state index is 0.790. The number of rotatable bonds is 6. The van der Waals surface area contributed by atoms with E-state index in [1.807, 2.05) is 0 Å². The molecule has 0 aliphatic heterocycles. The van der Waals surface area contributed by atoms with Gasteiger partial charge in [0.2, 0.25) is 0 Å². The largest absolute Gasteiger partial charge is 0.0999 e. The van der Waals surface area contributed by atoms with Crippen molar-refractivity contribution in [3.05, 3.63) is 12.2 Å². The third kappa shape index (κ3) is 4.50. The molecule has 13 heavy (non-hydrogen) atoms. The lowest BCUT2D eigenvalue weighted by Crippen LogP contribution is -2.17. The predicted molar refractivity (Wildman–Crippen MR) is 61.8 cm³/mol. The van der Waals surface area contributed by atoms with Crippen LogP contribution in [-0.4, -0.2) is 0 Å². The molecular formula is C13H26. The Hall–Kier alpha value is -0.260. The summed E-state index contributed by atoms with van der Waals surface area (Å²) in [5.41, 5.74) is 1.42. The molecule has 0 aromatic heterocycles. The highest BCUT2D eigenvalue weighted by Crippen LogP contribution is 2.29. The van der Waals surface area contributed by atoms with Crippen LogP contribution in [0.5, 0.6) is 0 Å². The number of allylic oxidation sites excluding steroid dienone is 1. The minimum absolute atomic E-state index is 0.790. The SMILES string of the molecule is C=C(CC)C[C@@H](C(C)C)C(C)CC. The van der Waals surface area contributed by atoms with Gasteiger partial charge in [-0.05, 0) is 30.6 Å². The van der Waals surface area contributed by atoms with Crippen LogP contribution in [0.3, 0.4) is 0 Å². The third-order valence-electron chi connectivity index (χ3n) is 3.26. The molecule has 0 aromatic rings. The molecule has 0 heterocycles. The van der Waals surface area contributed by atoms with Crippen LogP contribution in [0, 0.1) is 17.8 Å². The monoisotopic (exact) mass is 182 g/mol. The van der Waals surface area contributed by atoms with Gasteiger partial charge in [0.05, 0.1) is 0 Å². The Morgan fingerprint density at radius 1 is 1.15 bits per heavy atom. The van der Waals surface area contributed by atoms with Crippen LogP contribution < -0.4 is 0 Å². The molecular weight excluding hydrogens is 156 g/mol. The van der Waals surface area contributed by atoms with E-state index < -0.39 is 0 Å². The van der Waals surface area contributed by atoms with Crippen molar-refractivity contribution in [3.8, 4) is 0 Å². The standard InChI is InChI=1S/C13H26/c1-7-11(5)9-13(10(3)4)12(6)8-2/h10,12-13H,5,7-9H2,1-4,6H3/t12?,13-/m0/s1. The fourth-order valence-electron chi connectivity index (χ4n) is 1.87. The molecule has 0 saturated carbocycles. The van der Waals surface area contributed by atoms with Gasteiger partial charge in [0, 0.05) is 0 Å². The molecule has 2 atom stereocenters. The van der Waals surface area contributed by atoms with E-state index in [-0.39, 0.29) is 0 Å². The summed E-state index contributed by atoms with van der Waals surface area (Å²) < 4.78 is 0. The molecule has 0 spiro atoms. The topological polar surface area (TPSA) is 0 Å². The van der Waals surface area contributed by atoms with E-state index in [2.05, 4.69) is 41.2 Å². The summed E-state index contributed by atoms with van der Waals surface area (Å²) in [6, 6.07) is 0. The van der Waals surface area contributed by atoms with Crippen LogP contribution in [-0.2, 0) is 0 Å². The van der Waals surface area contributed by atoms with Crippen LogP contribution >= 0.6 is 0 Å². The highest BCUT2D eigenvalue weighted by molar-refractivity contribution is 4.95. The molecule has 0 amide bonds. The van der Waals surface area contributed by atoms with Gasteiger partial charge in [-0.15, -0.1) is 0 Å². The molecule has 0 aliphatic rings. The Labute approximate surface area is 84.4 Å². The zero-order valence-electron chi connectivity index (χ0n) is 10.1. The molecule has 0 bridgehead atoms. The summed E-state index contributed by atoms with van der Waals surface area (Å²) >= 11 is 0. The van der Waals surface area contributed by atoms with Crippen LogP contribution in [0.4, 0.5) is 0 Å². The van der Waals surface area contributed by atoms with Gasteiger partial charge in [-0.2, -0.15) is 0 Å². The lowest BCUT2D eigenvalue weighted by Gasteiger charge is -2.27. The van der Waals surface area contributed by atoms with E-state index in [0.717, 1.165) is 24.2 Å². The first kappa shape index (κ1) is 12.7. The van der Waals surface area contributed by atoms with Crippen molar-refractivity contribution in [1.29, 1.82) is 0 Å². The van der Waals surface area contributed by atoms with Gasteiger partial charge in [-0.3, -0.25) is 0 Å². The van der Waals surface area contributed by atoms with Crippen LogP contribution in [0.2, 0.25) is 0 Å². The second-order valence-corrected chi connectivity index (χ2v) is 4.60. The van der Waals surface area contributed by atoms with E-state index in [1.165, 1.54) is 18.4 Å². The zero-order valence-corrected chi connectivity index (χ0v) is 10.1. The predicted octanol–water partition coefficient (Wildman–Crippen LogP) is 4.66. The molecule has 1 unspecified atom stereocenters. The van der Waals surface area contributed by atoms with Gasteiger partial charge in [-0.1, -0.05) is 53.2 Å². The van der Waals surface area contributed by atoms with Crippen molar-refractivity contribution in [3.63, 3.8) is 0 Å². The average molecular weight is 182 g/mol. The molecule has 0 radical (unpaired) electrons. The quantitative estimate of drug-likeness (QED) is 0.524. The smallest absolute Gasteiger partial charge is 0.0290 e. The molecule has 0 nitrogen and oxygen atoms in total. The first-order chi connectivity index (χ1) is 6.02. The summed E-state index contributed by atoms with van der Waals surface area (Å²) in [5.74, 6) is 2.46. The van der Waals surface area contributed by atoms with Gasteiger partial charge in [-0.25, -0.2) is 0 Å². The van der Waals surface area contributed by atoms with Gasteiger partial charge in [0.15, 0.2) is 0 Å². The van der Waals surface area contributed by atoms with Crippen molar-refractivity contribution in [1.82, 2.24) is 0 Å². The summed E-state index contributed by atoms with van der Waals surface area (Å²) in [6.07, 6.45) is 3.66. The molecule has 78 valence electrons. The highest BCUT2D eigenvalue weighted by atomic mass is 14.2. The van der Waals surface area contributed by atoms with Gasteiger partial charge < -0.3 is 0 Å². The normalized spacial score (nSPS) is 15.8. The van der Waals surface area contributed by atoms with E-state index in [1.54, 1.807) is 0 Å². The molecule has 0 saturated heterocycles. The molecule has 0 fully saturated rings. The average Bonchev–Trinajstić information content (AvgIpc) is 2.11. The van der Waals surface area contributed by atoms with E-state index in [4.69, 9.17) is 0 Å². The summed E-state index contributed by atoms with van der Waals surface area (Å²) in [6.45, 7) is 15.6. The summed E-state index contributed by atoms with van der Waals surface area (Å²) in [5, 5.41) is 0.